The van der Waals surface area contributed by atoms with Gasteiger partial charge in [0.05, 0.1) is 24.9 Å². The Kier molecular flexibility index (Phi) is 33.9. The first kappa shape index (κ1) is 71.9. The molecule has 30 heteroatoms. The van der Waals surface area contributed by atoms with Crippen LogP contribution in [0.3, 0.4) is 0 Å². The van der Waals surface area contributed by atoms with Crippen LogP contribution in [-0.4, -0.2) is 203 Å². The molecule has 0 aromatic rings. The Hall–Kier alpha value is -6.15. The van der Waals surface area contributed by atoms with E-state index in [1.807, 2.05) is 0 Å². The minimum Gasteiger partial charge on any atom is -0.394 e. The van der Waals surface area contributed by atoms with Gasteiger partial charge in [0.25, 0.3) is 0 Å². The van der Waals surface area contributed by atoms with Gasteiger partial charge >= 0.3 is 0 Å². The second-order valence-electron chi connectivity index (χ2n) is 20.6. The number of amides is 11. The summed E-state index contributed by atoms with van der Waals surface area (Å²) in [5, 5.41) is 69.0. The molecule has 30 nitrogen and oxygen atoms in total. The Bertz CT molecular complexity index is 2030. The van der Waals surface area contributed by atoms with Crippen molar-refractivity contribution < 1.29 is 73.2 Å². The van der Waals surface area contributed by atoms with Crippen LogP contribution in [0.25, 0.3) is 0 Å². The molecule has 0 saturated carbocycles. The van der Waals surface area contributed by atoms with E-state index in [0.717, 1.165) is 33.1 Å². The molecular formula is C50H93N15O15. The van der Waals surface area contributed by atoms with E-state index in [0.29, 0.717) is 12.3 Å². The molecule has 14 atom stereocenters. The summed E-state index contributed by atoms with van der Waals surface area (Å²) in [6.45, 7) is 8.81. The molecule has 0 aromatic heterocycles. The summed E-state index contributed by atoms with van der Waals surface area (Å²) in [6.07, 6.45) is -2.77. The number of hydrogen-bond donors (Lipinski definition) is 19. The van der Waals surface area contributed by atoms with Gasteiger partial charge in [-0.15, -0.1) is 0 Å². The molecule has 11 amide bonds. The van der Waals surface area contributed by atoms with Crippen molar-refractivity contribution in [2.75, 3.05) is 39.3 Å². The van der Waals surface area contributed by atoms with Gasteiger partial charge < -0.3 is 102 Å². The van der Waals surface area contributed by atoms with E-state index in [1.165, 1.54) is 6.92 Å². The van der Waals surface area contributed by atoms with E-state index in [-0.39, 0.29) is 70.6 Å². The second-order valence-corrected chi connectivity index (χ2v) is 20.6. The maximum absolute atomic E-state index is 14.3. The third-order valence-electron chi connectivity index (χ3n) is 13.1. The van der Waals surface area contributed by atoms with Crippen LogP contribution in [0.5, 0.6) is 0 Å². The van der Waals surface area contributed by atoms with Crippen molar-refractivity contribution in [1.29, 1.82) is 0 Å². The van der Waals surface area contributed by atoms with E-state index in [1.54, 1.807) is 13.8 Å². The van der Waals surface area contributed by atoms with Crippen molar-refractivity contribution in [2.24, 2.45) is 34.8 Å². The lowest BCUT2D eigenvalue weighted by Crippen LogP contribution is -2.62. The SMILES string of the molecule is CC[C@H](C)CCCCC(=O)N[C@@H](CCN)C(=O)N[C@H](C(=O)NC(CO)C(=O)N[C@H]1CCNC(=O)[C@H]([C@@H](C)O)NC(=O)[C@H](CCN)NC(=O)[C@H](CCN)NC(=O)[C@H]([C@@H](C)O)NC(=O)[C@@H](CC(C)C)NC(=O)[C@H](CCN)NC1=O)[C@@H](C)O. The molecule has 0 radical (unpaired) electrons. The van der Waals surface area contributed by atoms with Gasteiger partial charge in [0.15, 0.2) is 0 Å². The zero-order valence-corrected chi connectivity index (χ0v) is 47.3. The molecule has 1 saturated heterocycles. The van der Waals surface area contributed by atoms with Gasteiger partial charge in [-0.3, -0.25) is 52.7 Å². The average molecular weight is 1140 g/mol. The average Bonchev–Trinajstić information content (AvgIpc) is 3.38. The third kappa shape index (κ3) is 25.5. The van der Waals surface area contributed by atoms with Crippen LogP contribution >= 0.6 is 0 Å². The first-order chi connectivity index (χ1) is 37.7. The fourth-order valence-corrected chi connectivity index (χ4v) is 8.20. The molecule has 1 heterocycles. The van der Waals surface area contributed by atoms with Gasteiger partial charge in [0.1, 0.15) is 60.4 Å². The van der Waals surface area contributed by atoms with Crippen LogP contribution in [-0.2, 0) is 52.7 Å². The van der Waals surface area contributed by atoms with Crippen LogP contribution in [0.4, 0.5) is 0 Å². The van der Waals surface area contributed by atoms with Crippen molar-refractivity contribution in [1.82, 2.24) is 58.5 Å². The lowest BCUT2D eigenvalue weighted by atomic mass is 10.0. The number of aliphatic hydroxyl groups excluding tert-OH is 4. The largest absolute Gasteiger partial charge is 0.394 e. The van der Waals surface area contributed by atoms with Crippen molar-refractivity contribution in [3.8, 4) is 0 Å². The second kappa shape index (κ2) is 37.7. The van der Waals surface area contributed by atoms with Gasteiger partial charge in [-0.2, -0.15) is 0 Å². The maximum atomic E-state index is 14.3. The third-order valence-corrected chi connectivity index (χ3v) is 13.1. The fourth-order valence-electron chi connectivity index (χ4n) is 8.20. The Morgan fingerprint density at radius 3 is 1.52 bits per heavy atom. The molecule has 0 aliphatic carbocycles. The lowest BCUT2D eigenvalue weighted by molar-refractivity contribution is -0.137. The van der Waals surface area contributed by atoms with Gasteiger partial charge in [-0.1, -0.05) is 47.0 Å². The summed E-state index contributed by atoms with van der Waals surface area (Å²) in [7, 11) is 0. The zero-order chi connectivity index (χ0) is 60.8. The number of carbonyl (C=O) groups is 11. The number of hydrogen-bond acceptors (Lipinski definition) is 19. The van der Waals surface area contributed by atoms with Crippen LogP contribution in [0.15, 0.2) is 0 Å². The summed E-state index contributed by atoms with van der Waals surface area (Å²) in [4.78, 5) is 151. The molecule has 458 valence electrons. The summed E-state index contributed by atoms with van der Waals surface area (Å²) in [5.74, 6) is -10.7. The summed E-state index contributed by atoms with van der Waals surface area (Å²) in [5.41, 5.74) is 23.1. The monoisotopic (exact) mass is 1140 g/mol. The van der Waals surface area contributed by atoms with Crippen molar-refractivity contribution in [3.63, 3.8) is 0 Å². The van der Waals surface area contributed by atoms with Crippen molar-refractivity contribution in [2.45, 2.75) is 198 Å². The smallest absolute Gasteiger partial charge is 0.245 e. The Balaban J connectivity index is 3.75. The number of nitrogens with two attached hydrogens (primary N) is 4. The molecule has 1 fully saturated rings. The van der Waals surface area contributed by atoms with E-state index in [4.69, 9.17) is 22.9 Å². The highest BCUT2D eigenvalue weighted by Gasteiger charge is 2.38. The number of aliphatic hydroxyl groups is 4. The fraction of sp³-hybridized carbons (Fsp3) is 0.780. The molecular weight excluding hydrogens is 1050 g/mol. The predicted octanol–water partition coefficient (Wildman–Crippen LogP) is -7.46. The molecule has 1 aliphatic heterocycles. The molecule has 1 aliphatic rings. The Morgan fingerprint density at radius 2 is 1.05 bits per heavy atom. The number of unbranched alkanes of at least 4 members (excludes halogenated alkanes) is 1. The molecule has 0 aromatic carbocycles. The highest BCUT2D eigenvalue weighted by Crippen LogP contribution is 2.13. The minimum atomic E-state index is -1.90. The van der Waals surface area contributed by atoms with Crippen molar-refractivity contribution in [3.05, 3.63) is 0 Å². The van der Waals surface area contributed by atoms with E-state index >= 15 is 0 Å². The standard InChI is InChI=1S/C50H93N15O15/c1-8-26(4)11-9-10-12-37(70)56-30(13-18-51)44(74)64-40(29(7)69)50(80)62-36(24-66)47(77)59-34-17-22-55-48(78)38(27(5)67)63-45(75)33(16-21-54)58-41(71)32(15-20-53)60-49(79)39(28(6)68)65-46(76)35(23-25(2)3)61-42(72)31(14-19-52)57-43(34)73/h25-36,38-40,66-69H,8-24,51-54H2,1-7H3,(H,55,78)(H,56,70)(H,57,73)(H,58,71)(H,59,77)(H,60,79)(H,61,72)(H,62,80)(H,63,75)(H,64,74)(H,65,76)/t26-,27+,28+,29+,30-,31-,32-,33-,34-,35+,36?,38-,39-,40-/m0/s1. The van der Waals surface area contributed by atoms with Gasteiger partial charge in [-0.05, 0) is 104 Å². The highest BCUT2D eigenvalue weighted by molar-refractivity contribution is 5.99. The molecule has 0 bridgehead atoms. The Morgan fingerprint density at radius 1 is 0.562 bits per heavy atom. The quantitative estimate of drug-likeness (QED) is 0.0340. The van der Waals surface area contributed by atoms with E-state index in [9.17, 15) is 73.2 Å². The van der Waals surface area contributed by atoms with Crippen LogP contribution in [0, 0.1) is 11.8 Å². The van der Waals surface area contributed by atoms with E-state index in [2.05, 4.69) is 72.3 Å². The first-order valence-electron chi connectivity index (χ1n) is 27.5. The number of nitrogens with one attached hydrogen (secondary N) is 11. The predicted molar refractivity (Wildman–Crippen MR) is 291 cm³/mol. The Labute approximate surface area is 467 Å². The van der Waals surface area contributed by atoms with Crippen LogP contribution in [0.2, 0.25) is 0 Å². The summed E-state index contributed by atoms with van der Waals surface area (Å²) < 4.78 is 0. The molecule has 1 rings (SSSR count). The van der Waals surface area contributed by atoms with Gasteiger partial charge in [-0.25, -0.2) is 0 Å². The number of carbonyl (C=O) groups excluding carboxylic acids is 11. The first-order valence-corrected chi connectivity index (χ1v) is 27.5. The van der Waals surface area contributed by atoms with Crippen LogP contribution in [0.1, 0.15) is 119 Å². The summed E-state index contributed by atoms with van der Waals surface area (Å²) in [6, 6.07) is -16.0. The molecule has 0 spiro atoms. The zero-order valence-electron chi connectivity index (χ0n) is 47.3. The topological polar surface area (TPSA) is 505 Å². The molecule has 23 N–H and O–H groups in total. The van der Waals surface area contributed by atoms with Crippen molar-refractivity contribution >= 4 is 65.0 Å². The van der Waals surface area contributed by atoms with Gasteiger partial charge in [0.2, 0.25) is 65.0 Å². The van der Waals surface area contributed by atoms with Crippen LogP contribution < -0.4 is 81.4 Å². The summed E-state index contributed by atoms with van der Waals surface area (Å²) >= 11 is 0. The molecule has 1 unspecified atom stereocenters. The van der Waals surface area contributed by atoms with E-state index < -0.39 is 163 Å². The normalized spacial score (nSPS) is 24.1. The highest BCUT2D eigenvalue weighted by atomic mass is 16.3. The minimum absolute atomic E-state index is 0.0458. The lowest BCUT2D eigenvalue weighted by Gasteiger charge is -2.29. The number of rotatable bonds is 27. The maximum Gasteiger partial charge on any atom is 0.245 e. The van der Waals surface area contributed by atoms with Gasteiger partial charge in [0, 0.05) is 13.0 Å². The molecule has 80 heavy (non-hydrogen) atoms.